The van der Waals surface area contributed by atoms with Crippen molar-refractivity contribution >= 4 is 11.7 Å². The van der Waals surface area contributed by atoms with Gasteiger partial charge in [0, 0.05) is 31.7 Å². The molecule has 1 saturated heterocycles. The van der Waals surface area contributed by atoms with Crippen molar-refractivity contribution in [1.82, 2.24) is 10.3 Å². The molecule has 0 aliphatic carbocycles. The fourth-order valence-corrected chi connectivity index (χ4v) is 3.15. The summed E-state index contributed by atoms with van der Waals surface area (Å²) in [5.41, 5.74) is 1.48. The molecule has 2 aromatic rings. The zero-order valence-electron chi connectivity index (χ0n) is 15.1. The lowest BCUT2D eigenvalue weighted by atomic mass is 9.95. The zero-order valence-corrected chi connectivity index (χ0v) is 15.1. The monoisotopic (exact) mass is 377 g/mol. The van der Waals surface area contributed by atoms with Crippen LogP contribution >= 0.6 is 0 Å². The molecule has 27 heavy (non-hydrogen) atoms. The van der Waals surface area contributed by atoms with Crippen molar-refractivity contribution in [2.45, 2.75) is 32.5 Å². The predicted molar refractivity (Wildman–Crippen MR) is 97.2 cm³/mol. The van der Waals surface area contributed by atoms with Gasteiger partial charge in [0.25, 0.3) is 0 Å². The second kappa shape index (κ2) is 7.98. The van der Waals surface area contributed by atoms with Crippen LogP contribution in [0.3, 0.4) is 0 Å². The molecular weight excluding hydrogens is 355 g/mol. The maximum absolute atomic E-state index is 12.6. The number of anilines is 1. The molecule has 1 fully saturated rings. The van der Waals surface area contributed by atoms with E-state index in [0.717, 1.165) is 17.8 Å². The normalized spacial score (nSPS) is 15.6. The van der Waals surface area contributed by atoms with Crippen molar-refractivity contribution in [2.24, 2.45) is 5.92 Å². The summed E-state index contributed by atoms with van der Waals surface area (Å²) in [6, 6.07) is 10.4. The van der Waals surface area contributed by atoms with Gasteiger partial charge in [0.1, 0.15) is 5.82 Å². The fourth-order valence-electron chi connectivity index (χ4n) is 3.15. The second-order valence-electron chi connectivity index (χ2n) is 6.87. The number of hydrogen-bond acceptors (Lipinski definition) is 3. The number of benzene rings is 1. The van der Waals surface area contributed by atoms with Crippen LogP contribution in [0.4, 0.5) is 19.0 Å². The highest BCUT2D eigenvalue weighted by Gasteiger charge is 2.31. The number of hydrogen-bond donors (Lipinski definition) is 1. The SMILES string of the molecule is Cc1ccc(CNC(=O)C2CCN(c3ccc(C(F)(F)F)cn3)CC2)cc1. The molecule has 0 atom stereocenters. The van der Waals surface area contributed by atoms with Gasteiger partial charge in [-0.25, -0.2) is 4.98 Å². The highest BCUT2D eigenvalue weighted by atomic mass is 19.4. The van der Waals surface area contributed by atoms with E-state index in [-0.39, 0.29) is 11.8 Å². The number of carbonyl (C=O) groups is 1. The van der Waals surface area contributed by atoms with E-state index in [1.165, 1.54) is 11.6 Å². The van der Waals surface area contributed by atoms with Gasteiger partial charge in [-0.2, -0.15) is 13.2 Å². The molecule has 0 spiro atoms. The Bertz CT molecular complexity index is 765. The van der Waals surface area contributed by atoms with Gasteiger partial charge in [-0.3, -0.25) is 4.79 Å². The third-order valence-electron chi connectivity index (χ3n) is 4.85. The van der Waals surface area contributed by atoms with E-state index in [2.05, 4.69) is 10.3 Å². The number of pyridine rings is 1. The van der Waals surface area contributed by atoms with E-state index in [1.54, 1.807) is 0 Å². The molecule has 2 heterocycles. The molecule has 0 unspecified atom stereocenters. The summed E-state index contributed by atoms with van der Waals surface area (Å²) in [6.45, 7) is 3.71. The molecule has 3 rings (SSSR count). The Labute approximate surface area is 156 Å². The highest BCUT2D eigenvalue weighted by molar-refractivity contribution is 5.79. The molecule has 1 aromatic heterocycles. The van der Waals surface area contributed by atoms with E-state index < -0.39 is 11.7 Å². The topological polar surface area (TPSA) is 45.2 Å². The molecule has 1 aliphatic heterocycles. The van der Waals surface area contributed by atoms with Gasteiger partial charge in [0.15, 0.2) is 0 Å². The Morgan fingerprint density at radius 1 is 1.15 bits per heavy atom. The third kappa shape index (κ3) is 4.99. The van der Waals surface area contributed by atoms with Crippen LogP contribution in [0.15, 0.2) is 42.6 Å². The molecule has 1 aromatic carbocycles. The van der Waals surface area contributed by atoms with E-state index in [1.807, 2.05) is 36.1 Å². The molecule has 0 saturated carbocycles. The maximum atomic E-state index is 12.6. The van der Waals surface area contributed by atoms with Crippen LogP contribution < -0.4 is 10.2 Å². The lowest BCUT2D eigenvalue weighted by molar-refractivity contribution is -0.137. The number of nitrogens with zero attached hydrogens (tertiary/aromatic N) is 2. The first-order valence-electron chi connectivity index (χ1n) is 8.94. The smallest absolute Gasteiger partial charge is 0.357 e. The predicted octanol–water partition coefficient (Wildman–Crippen LogP) is 3.94. The minimum absolute atomic E-state index is 0.0237. The van der Waals surface area contributed by atoms with Crippen molar-refractivity contribution in [3.8, 4) is 0 Å². The number of nitrogens with one attached hydrogen (secondary N) is 1. The van der Waals surface area contributed by atoms with Gasteiger partial charge >= 0.3 is 6.18 Å². The summed E-state index contributed by atoms with van der Waals surface area (Å²) in [7, 11) is 0. The van der Waals surface area contributed by atoms with Gasteiger partial charge < -0.3 is 10.2 Å². The first-order valence-corrected chi connectivity index (χ1v) is 8.94. The average molecular weight is 377 g/mol. The summed E-state index contributed by atoms with van der Waals surface area (Å²) in [6.07, 6.45) is -2.21. The molecule has 1 N–H and O–H groups in total. The molecule has 4 nitrogen and oxygen atoms in total. The fraction of sp³-hybridized carbons (Fsp3) is 0.400. The average Bonchev–Trinajstić information content (AvgIpc) is 2.67. The van der Waals surface area contributed by atoms with Crippen molar-refractivity contribution < 1.29 is 18.0 Å². The number of carbonyl (C=O) groups excluding carboxylic acids is 1. The van der Waals surface area contributed by atoms with Crippen molar-refractivity contribution in [2.75, 3.05) is 18.0 Å². The van der Waals surface area contributed by atoms with Crippen LogP contribution in [0.2, 0.25) is 0 Å². The second-order valence-corrected chi connectivity index (χ2v) is 6.87. The van der Waals surface area contributed by atoms with Crippen LogP contribution in [-0.2, 0) is 17.5 Å². The van der Waals surface area contributed by atoms with Gasteiger partial charge in [0.2, 0.25) is 5.91 Å². The number of amides is 1. The number of rotatable bonds is 4. The summed E-state index contributed by atoms with van der Waals surface area (Å²) < 4.78 is 37.9. The van der Waals surface area contributed by atoms with Gasteiger partial charge in [-0.05, 0) is 37.5 Å². The molecule has 144 valence electrons. The molecule has 1 aliphatic rings. The van der Waals surface area contributed by atoms with Crippen LogP contribution in [0, 0.1) is 12.8 Å². The maximum Gasteiger partial charge on any atom is 0.417 e. The Kier molecular flexibility index (Phi) is 5.68. The number of halogens is 3. The Morgan fingerprint density at radius 3 is 2.37 bits per heavy atom. The van der Waals surface area contributed by atoms with Crippen molar-refractivity contribution in [3.63, 3.8) is 0 Å². The molecule has 7 heteroatoms. The molecular formula is C20H22F3N3O. The minimum atomic E-state index is -4.38. The van der Waals surface area contributed by atoms with Crippen LogP contribution in [0.25, 0.3) is 0 Å². The van der Waals surface area contributed by atoms with Crippen LogP contribution in [0.1, 0.15) is 29.5 Å². The Hall–Kier alpha value is -2.57. The van der Waals surface area contributed by atoms with Gasteiger partial charge in [-0.1, -0.05) is 29.8 Å². The quantitative estimate of drug-likeness (QED) is 0.878. The summed E-state index contributed by atoms with van der Waals surface area (Å²) in [5.74, 6) is 0.457. The lowest BCUT2D eigenvalue weighted by Crippen LogP contribution is -2.40. The first kappa shape index (κ1) is 19.2. The summed E-state index contributed by atoms with van der Waals surface area (Å²) in [5, 5.41) is 2.97. The van der Waals surface area contributed by atoms with Crippen LogP contribution in [0.5, 0.6) is 0 Å². The van der Waals surface area contributed by atoms with Crippen molar-refractivity contribution in [1.29, 1.82) is 0 Å². The minimum Gasteiger partial charge on any atom is -0.357 e. The lowest BCUT2D eigenvalue weighted by Gasteiger charge is -2.32. The standard InChI is InChI=1S/C20H22F3N3O/c1-14-2-4-15(5-3-14)12-25-19(27)16-8-10-26(11-9-16)18-7-6-17(13-24-18)20(21,22)23/h2-7,13,16H,8-12H2,1H3,(H,25,27). The van der Waals surface area contributed by atoms with Gasteiger partial charge in [-0.15, -0.1) is 0 Å². The zero-order chi connectivity index (χ0) is 19.4. The number of piperidine rings is 1. The van der Waals surface area contributed by atoms with E-state index in [4.69, 9.17) is 0 Å². The molecule has 1 amide bonds. The molecule has 0 radical (unpaired) electrons. The Morgan fingerprint density at radius 2 is 1.81 bits per heavy atom. The van der Waals surface area contributed by atoms with E-state index in [9.17, 15) is 18.0 Å². The number of aryl methyl sites for hydroxylation is 1. The highest BCUT2D eigenvalue weighted by Crippen LogP contribution is 2.30. The number of aromatic nitrogens is 1. The summed E-state index contributed by atoms with van der Waals surface area (Å²) >= 11 is 0. The largest absolute Gasteiger partial charge is 0.417 e. The van der Waals surface area contributed by atoms with E-state index >= 15 is 0 Å². The Balaban J connectivity index is 1.49. The van der Waals surface area contributed by atoms with Crippen LogP contribution in [-0.4, -0.2) is 24.0 Å². The summed E-state index contributed by atoms with van der Waals surface area (Å²) in [4.78, 5) is 18.2. The third-order valence-corrected chi connectivity index (χ3v) is 4.85. The van der Waals surface area contributed by atoms with E-state index in [0.29, 0.717) is 38.3 Å². The molecule has 0 bridgehead atoms. The van der Waals surface area contributed by atoms with Crippen molar-refractivity contribution in [3.05, 3.63) is 59.3 Å². The number of alkyl halides is 3. The van der Waals surface area contributed by atoms with Gasteiger partial charge in [0.05, 0.1) is 5.56 Å². The first-order chi connectivity index (χ1) is 12.8.